The van der Waals surface area contributed by atoms with Gasteiger partial charge in [0.2, 0.25) is 0 Å². The molecule has 84 valence electrons. The lowest BCUT2D eigenvalue weighted by atomic mass is 10.1. The largest absolute Gasteiger partial charge is 0.489 e. The van der Waals surface area contributed by atoms with Crippen molar-refractivity contribution in [1.82, 2.24) is 5.32 Å². The Morgan fingerprint density at radius 1 is 1.38 bits per heavy atom. The Balaban J connectivity index is 1.99. The van der Waals surface area contributed by atoms with Crippen LogP contribution >= 0.6 is 11.6 Å². The van der Waals surface area contributed by atoms with Crippen LogP contribution in [-0.4, -0.2) is 12.6 Å². The number of benzene rings is 1. The van der Waals surface area contributed by atoms with Gasteiger partial charge < -0.3 is 10.1 Å². The van der Waals surface area contributed by atoms with Gasteiger partial charge in [-0.05, 0) is 25.0 Å². The van der Waals surface area contributed by atoms with Gasteiger partial charge in [0.15, 0.2) is 0 Å². The number of hydrogen-bond donors (Lipinski definition) is 1. The van der Waals surface area contributed by atoms with E-state index in [1.54, 1.807) is 6.07 Å². The van der Waals surface area contributed by atoms with Crippen LogP contribution < -0.4 is 10.1 Å². The van der Waals surface area contributed by atoms with Gasteiger partial charge in [0.25, 0.3) is 0 Å². The predicted octanol–water partition coefficient (Wildman–Crippen LogP) is 2.96. The summed E-state index contributed by atoms with van der Waals surface area (Å²) in [6, 6.07) is 3.52. The van der Waals surface area contributed by atoms with Crippen molar-refractivity contribution in [2.24, 2.45) is 0 Å². The lowest BCUT2D eigenvalue weighted by Crippen LogP contribution is -2.19. The molecule has 0 atom stereocenters. The summed E-state index contributed by atoms with van der Waals surface area (Å²) in [7, 11) is 0. The quantitative estimate of drug-likeness (QED) is 0.857. The van der Waals surface area contributed by atoms with E-state index in [4.69, 9.17) is 16.3 Å². The number of hydrogen-bond acceptors (Lipinski definition) is 2. The van der Waals surface area contributed by atoms with E-state index in [9.17, 15) is 4.39 Å². The molecule has 1 N–H and O–H groups in total. The number of ether oxygens (including phenoxy) is 1. The lowest BCUT2D eigenvalue weighted by Gasteiger charge is -2.20. The third-order valence-corrected chi connectivity index (χ3v) is 3.07. The Morgan fingerprint density at radius 2 is 2.19 bits per heavy atom. The Labute approximate surface area is 98.1 Å². The molecule has 1 aliphatic carbocycles. The molecule has 0 bridgehead atoms. The van der Waals surface area contributed by atoms with Gasteiger partial charge in [-0.2, -0.15) is 0 Å². The number of fused-ring (bicyclic) bond motifs is 1. The Kier molecular flexibility index (Phi) is 2.28. The Bertz CT molecular complexity index is 468. The molecule has 0 unspecified atom stereocenters. The summed E-state index contributed by atoms with van der Waals surface area (Å²) in [6.07, 6.45) is 4.36. The molecule has 1 heterocycles. The van der Waals surface area contributed by atoms with Crippen LogP contribution in [0.1, 0.15) is 18.4 Å². The fourth-order valence-electron chi connectivity index (χ4n) is 1.77. The lowest BCUT2D eigenvalue weighted by molar-refractivity contribution is 0.353. The summed E-state index contributed by atoms with van der Waals surface area (Å²) in [5, 5.41) is 3.53. The normalized spacial score (nSPS) is 18.5. The first-order valence-electron chi connectivity index (χ1n) is 5.33. The molecule has 1 fully saturated rings. The van der Waals surface area contributed by atoms with Gasteiger partial charge >= 0.3 is 0 Å². The van der Waals surface area contributed by atoms with Crippen molar-refractivity contribution in [3.8, 4) is 5.75 Å². The number of nitrogens with one attached hydrogen (secondary N) is 1. The average molecular weight is 240 g/mol. The van der Waals surface area contributed by atoms with E-state index in [1.165, 1.54) is 18.9 Å². The van der Waals surface area contributed by atoms with Gasteiger partial charge in [-0.15, -0.1) is 0 Å². The van der Waals surface area contributed by atoms with Gasteiger partial charge in [0, 0.05) is 23.4 Å². The molecule has 4 heteroatoms. The first kappa shape index (κ1) is 9.97. The molecule has 0 radical (unpaired) electrons. The van der Waals surface area contributed by atoms with E-state index < -0.39 is 5.82 Å². The van der Waals surface area contributed by atoms with Crippen LogP contribution in [0.2, 0.25) is 5.02 Å². The summed E-state index contributed by atoms with van der Waals surface area (Å²) in [6.45, 7) is 0.475. The number of rotatable bonds is 2. The van der Waals surface area contributed by atoms with Crippen molar-refractivity contribution in [2.45, 2.75) is 18.9 Å². The minimum atomic E-state index is -0.437. The molecule has 0 saturated heterocycles. The molecular formula is C12H11ClFNO. The first-order chi connectivity index (χ1) is 7.74. The van der Waals surface area contributed by atoms with Crippen molar-refractivity contribution in [2.75, 3.05) is 6.61 Å². The molecule has 0 amide bonds. The van der Waals surface area contributed by atoms with Gasteiger partial charge in [-0.1, -0.05) is 11.6 Å². The molecular weight excluding hydrogens is 229 g/mol. The van der Waals surface area contributed by atoms with Crippen molar-refractivity contribution in [3.05, 3.63) is 34.6 Å². The molecule has 1 aliphatic heterocycles. The molecule has 3 rings (SSSR count). The maximum absolute atomic E-state index is 13.3. The second kappa shape index (κ2) is 3.67. The average Bonchev–Trinajstić information content (AvgIpc) is 3.05. The number of halogens is 2. The smallest absolute Gasteiger partial charge is 0.145 e. The standard InChI is InChI=1S/C12H11ClFNO/c13-9-5-8-11(15-7-1-2-7)3-4-16-12(8)6-10(9)14/h3,5-7,15H,1-2,4H2. The second-order valence-electron chi connectivity index (χ2n) is 4.11. The highest BCUT2D eigenvalue weighted by Gasteiger charge is 2.25. The van der Waals surface area contributed by atoms with Crippen LogP contribution in [0.4, 0.5) is 4.39 Å². The SMILES string of the molecule is Fc1cc2c(cc1Cl)C(NC1CC1)=CCO2. The van der Waals surface area contributed by atoms with E-state index in [0.29, 0.717) is 18.4 Å². The van der Waals surface area contributed by atoms with Crippen LogP contribution in [0.5, 0.6) is 5.75 Å². The van der Waals surface area contributed by atoms with Crippen LogP contribution in [0.3, 0.4) is 0 Å². The first-order valence-corrected chi connectivity index (χ1v) is 5.71. The van der Waals surface area contributed by atoms with E-state index in [1.807, 2.05) is 6.08 Å². The highest BCUT2D eigenvalue weighted by Crippen LogP contribution is 2.34. The van der Waals surface area contributed by atoms with Crippen LogP contribution in [0.25, 0.3) is 5.70 Å². The van der Waals surface area contributed by atoms with Gasteiger partial charge in [-0.3, -0.25) is 0 Å². The minimum Gasteiger partial charge on any atom is -0.489 e. The summed E-state index contributed by atoms with van der Waals surface area (Å²) in [5.74, 6) is 0.126. The molecule has 1 aromatic rings. The summed E-state index contributed by atoms with van der Waals surface area (Å²) in [4.78, 5) is 0. The predicted molar refractivity (Wildman–Crippen MR) is 61.0 cm³/mol. The third kappa shape index (κ3) is 1.76. The van der Waals surface area contributed by atoms with Crippen LogP contribution in [-0.2, 0) is 0 Å². The van der Waals surface area contributed by atoms with Crippen molar-refractivity contribution >= 4 is 17.3 Å². The zero-order valence-corrected chi connectivity index (χ0v) is 9.35. The third-order valence-electron chi connectivity index (χ3n) is 2.78. The summed E-state index contributed by atoms with van der Waals surface area (Å²) >= 11 is 5.78. The highest BCUT2D eigenvalue weighted by atomic mass is 35.5. The van der Waals surface area contributed by atoms with E-state index >= 15 is 0 Å². The molecule has 1 saturated carbocycles. The Hall–Kier alpha value is -1.22. The fraction of sp³-hybridized carbons (Fsp3) is 0.333. The monoisotopic (exact) mass is 239 g/mol. The van der Waals surface area contributed by atoms with Crippen molar-refractivity contribution in [1.29, 1.82) is 0 Å². The fourth-order valence-corrected chi connectivity index (χ4v) is 1.93. The minimum absolute atomic E-state index is 0.132. The van der Waals surface area contributed by atoms with E-state index in [2.05, 4.69) is 5.32 Å². The van der Waals surface area contributed by atoms with Crippen LogP contribution in [0.15, 0.2) is 18.2 Å². The van der Waals surface area contributed by atoms with Crippen molar-refractivity contribution in [3.63, 3.8) is 0 Å². The van der Waals surface area contributed by atoms with E-state index in [0.717, 1.165) is 11.3 Å². The second-order valence-corrected chi connectivity index (χ2v) is 4.52. The van der Waals surface area contributed by atoms with Crippen molar-refractivity contribution < 1.29 is 9.13 Å². The van der Waals surface area contributed by atoms with Gasteiger partial charge in [0.1, 0.15) is 18.2 Å². The zero-order chi connectivity index (χ0) is 11.1. The van der Waals surface area contributed by atoms with Gasteiger partial charge in [0.05, 0.1) is 5.02 Å². The topological polar surface area (TPSA) is 21.3 Å². The van der Waals surface area contributed by atoms with Gasteiger partial charge in [-0.25, -0.2) is 4.39 Å². The summed E-state index contributed by atoms with van der Waals surface area (Å²) < 4.78 is 18.6. The maximum Gasteiger partial charge on any atom is 0.145 e. The molecule has 0 aromatic heterocycles. The molecule has 1 aromatic carbocycles. The molecule has 16 heavy (non-hydrogen) atoms. The molecule has 0 spiro atoms. The summed E-state index contributed by atoms with van der Waals surface area (Å²) in [5.41, 5.74) is 1.86. The van der Waals surface area contributed by atoms with Crippen LogP contribution in [0, 0.1) is 5.82 Å². The Morgan fingerprint density at radius 3 is 2.94 bits per heavy atom. The van der Waals surface area contributed by atoms with E-state index in [-0.39, 0.29) is 5.02 Å². The molecule has 2 nitrogen and oxygen atoms in total. The maximum atomic E-state index is 13.3. The zero-order valence-electron chi connectivity index (χ0n) is 8.59. The molecule has 2 aliphatic rings. The highest BCUT2D eigenvalue weighted by molar-refractivity contribution is 6.31.